The van der Waals surface area contributed by atoms with Gasteiger partial charge in [-0.3, -0.25) is 9.79 Å². The number of hydrogen-bond donors (Lipinski definition) is 0. The number of ketones is 1. The Morgan fingerprint density at radius 1 is 0.853 bits per heavy atom. The fourth-order valence-electron chi connectivity index (χ4n) is 3.40. The van der Waals surface area contributed by atoms with Gasteiger partial charge in [-0.25, -0.2) is 0 Å². The topological polar surface area (TPSA) is 47.9 Å². The minimum atomic E-state index is 0.0150. The van der Waals surface area contributed by atoms with Gasteiger partial charge in [-0.1, -0.05) is 81.1 Å². The van der Waals surface area contributed by atoms with Crippen molar-refractivity contribution in [1.82, 2.24) is 0 Å². The number of aliphatic imine (C=N–C) groups is 1. The number of methoxy groups -OCH3 is 1. The van der Waals surface area contributed by atoms with Gasteiger partial charge in [-0.2, -0.15) is 0 Å². The zero-order valence-electron chi connectivity index (χ0n) is 20.9. The van der Waals surface area contributed by atoms with E-state index >= 15 is 0 Å². The van der Waals surface area contributed by atoms with E-state index in [2.05, 4.69) is 11.6 Å². The first-order chi connectivity index (χ1) is 16.5. The standard InChI is InChI=1S/C28H29NO3.C2H6/c1-20(2)29-21(3)24-17-27(31-4)28(32-19-23-13-9-6-10-14-23)18-25(24)26(30)16-15-22-11-7-5-8-12-22;1-2/h5-14,17-18H,3,15-16,19H2,1-2,4H3;1-2H3. The lowest BCUT2D eigenvalue weighted by atomic mass is 9.96. The van der Waals surface area contributed by atoms with E-state index in [1.165, 1.54) is 0 Å². The molecule has 0 saturated carbocycles. The molecule has 4 heteroatoms. The summed E-state index contributed by atoms with van der Waals surface area (Å²) in [5.41, 5.74) is 4.75. The van der Waals surface area contributed by atoms with Crippen molar-refractivity contribution in [3.05, 3.63) is 102 Å². The predicted octanol–water partition coefficient (Wildman–Crippen LogP) is 7.57. The molecular formula is C30H35NO3. The van der Waals surface area contributed by atoms with Crippen LogP contribution >= 0.6 is 0 Å². The van der Waals surface area contributed by atoms with Gasteiger partial charge in [0.15, 0.2) is 17.3 Å². The van der Waals surface area contributed by atoms with Crippen LogP contribution in [0.15, 0.2) is 84.4 Å². The van der Waals surface area contributed by atoms with E-state index in [1.807, 2.05) is 88.4 Å². The van der Waals surface area contributed by atoms with Crippen LogP contribution in [-0.4, -0.2) is 18.6 Å². The lowest BCUT2D eigenvalue weighted by Gasteiger charge is -2.16. The van der Waals surface area contributed by atoms with E-state index in [-0.39, 0.29) is 5.78 Å². The van der Waals surface area contributed by atoms with Gasteiger partial charge in [0, 0.05) is 23.3 Å². The molecule has 0 aliphatic carbocycles. The van der Waals surface area contributed by atoms with Crippen molar-refractivity contribution >= 4 is 17.2 Å². The van der Waals surface area contributed by atoms with Gasteiger partial charge < -0.3 is 9.47 Å². The van der Waals surface area contributed by atoms with Crippen LogP contribution in [0.1, 0.15) is 61.2 Å². The van der Waals surface area contributed by atoms with Gasteiger partial charge in [0.2, 0.25) is 0 Å². The molecule has 0 aromatic heterocycles. The maximum absolute atomic E-state index is 13.3. The number of carbonyl (C=O) groups excluding carboxylic acids is 1. The average Bonchev–Trinajstić information content (AvgIpc) is 2.87. The van der Waals surface area contributed by atoms with Crippen molar-refractivity contribution in [3.63, 3.8) is 0 Å². The largest absolute Gasteiger partial charge is 0.493 e. The molecule has 3 aromatic carbocycles. The normalized spacial score (nSPS) is 9.91. The van der Waals surface area contributed by atoms with Crippen LogP contribution < -0.4 is 9.47 Å². The highest BCUT2D eigenvalue weighted by atomic mass is 16.5. The molecule has 0 radical (unpaired) electrons. The highest BCUT2D eigenvalue weighted by molar-refractivity contribution is 6.02. The van der Waals surface area contributed by atoms with Gasteiger partial charge >= 0.3 is 0 Å². The van der Waals surface area contributed by atoms with E-state index in [0.717, 1.165) is 16.8 Å². The van der Waals surface area contributed by atoms with Crippen molar-refractivity contribution in [3.8, 4) is 11.5 Å². The second kappa shape index (κ2) is 13.8. The Balaban J connectivity index is 0.00000199. The lowest BCUT2D eigenvalue weighted by Crippen LogP contribution is -2.07. The molecule has 0 saturated heterocycles. The van der Waals surface area contributed by atoms with E-state index < -0.39 is 0 Å². The second-order valence-corrected chi connectivity index (χ2v) is 7.74. The van der Waals surface area contributed by atoms with Crippen molar-refractivity contribution < 1.29 is 14.3 Å². The molecule has 0 N–H and O–H groups in total. The van der Waals surface area contributed by atoms with Crippen LogP contribution in [0.2, 0.25) is 0 Å². The lowest BCUT2D eigenvalue weighted by molar-refractivity contribution is 0.0982. The van der Waals surface area contributed by atoms with E-state index in [1.54, 1.807) is 19.2 Å². The van der Waals surface area contributed by atoms with Crippen LogP contribution in [0.5, 0.6) is 11.5 Å². The van der Waals surface area contributed by atoms with Crippen LogP contribution in [0.3, 0.4) is 0 Å². The SMILES string of the molecule is C=C(N=C(C)C)c1cc(OC)c(OCc2ccccc2)cc1C(=O)CCc1ccccc1.CC. The van der Waals surface area contributed by atoms with Gasteiger partial charge in [0.25, 0.3) is 0 Å². The van der Waals surface area contributed by atoms with Crippen LogP contribution in [0, 0.1) is 0 Å². The molecule has 0 bridgehead atoms. The summed E-state index contributed by atoms with van der Waals surface area (Å²) in [6, 6.07) is 23.4. The van der Waals surface area contributed by atoms with E-state index in [0.29, 0.717) is 47.8 Å². The summed E-state index contributed by atoms with van der Waals surface area (Å²) in [5, 5.41) is 0. The Labute approximate surface area is 204 Å². The molecule has 34 heavy (non-hydrogen) atoms. The first kappa shape index (κ1) is 26.6. The summed E-state index contributed by atoms with van der Waals surface area (Å²) in [5.74, 6) is 1.08. The molecule has 0 heterocycles. The molecule has 3 rings (SSSR count). The molecule has 4 nitrogen and oxygen atoms in total. The van der Waals surface area contributed by atoms with Crippen molar-refractivity contribution in [1.29, 1.82) is 0 Å². The summed E-state index contributed by atoms with van der Waals surface area (Å²) in [4.78, 5) is 17.8. The quantitative estimate of drug-likeness (QED) is 0.233. The predicted molar refractivity (Wildman–Crippen MR) is 142 cm³/mol. The number of hydrogen-bond acceptors (Lipinski definition) is 4. The number of ether oxygens (including phenoxy) is 2. The zero-order chi connectivity index (χ0) is 24.9. The second-order valence-electron chi connectivity index (χ2n) is 7.74. The summed E-state index contributed by atoms with van der Waals surface area (Å²) in [7, 11) is 1.59. The molecule has 0 unspecified atom stereocenters. The number of benzene rings is 3. The number of carbonyl (C=O) groups is 1. The molecule has 0 aliphatic heterocycles. The summed E-state index contributed by atoms with van der Waals surface area (Å²) >= 11 is 0. The Kier molecular flexibility index (Phi) is 10.8. The number of aryl methyl sites for hydroxylation is 1. The average molecular weight is 458 g/mol. The third-order valence-electron chi connectivity index (χ3n) is 4.99. The molecule has 0 fully saturated rings. The first-order valence-electron chi connectivity index (χ1n) is 11.6. The molecular weight excluding hydrogens is 422 g/mol. The van der Waals surface area contributed by atoms with Crippen molar-refractivity contribution in [2.75, 3.05) is 7.11 Å². The van der Waals surface area contributed by atoms with Crippen molar-refractivity contribution in [2.24, 2.45) is 4.99 Å². The minimum Gasteiger partial charge on any atom is -0.493 e. The van der Waals surface area contributed by atoms with Crippen LogP contribution in [0.4, 0.5) is 0 Å². The summed E-state index contributed by atoms with van der Waals surface area (Å²) in [6.07, 6.45) is 1.04. The maximum Gasteiger partial charge on any atom is 0.164 e. The fraction of sp³-hybridized carbons (Fsp3) is 0.267. The summed E-state index contributed by atoms with van der Waals surface area (Å²) < 4.78 is 11.6. The highest BCUT2D eigenvalue weighted by Crippen LogP contribution is 2.35. The Morgan fingerprint density at radius 3 is 1.97 bits per heavy atom. The summed E-state index contributed by atoms with van der Waals surface area (Å²) in [6.45, 7) is 12.3. The van der Waals surface area contributed by atoms with Gasteiger partial charge in [0.05, 0.1) is 12.8 Å². The molecule has 178 valence electrons. The Hall–Kier alpha value is -3.66. The molecule has 0 aliphatic rings. The van der Waals surface area contributed by atoms with Gasteiger partial charge in [0.1, 0.15) is 6.61 Å². The van der Waals surface area contributed by atoms with E-state index in [9.17, 15) is 4.79 Å². The molecule has 3 aromatic rings. The van der Waals surface area contributed by atoms with E-state index in [4.69, 9.17) is 9.47 Å². The number of nitrogens with zero attached hydrogens (tertiary/aromatic N) is 1. The zero-order valence-corrected chi connectivity index (χ0v) is 20.9. The molecule has 0 atom stereocenters. The number of rotatable bonds is 10. The molecule has 0 amide bonds. The third-order valence-corrected chi connectivity index (χ3v) is 4.99. The van der Waals surface area contributed by atoms with Gasteiger partial charge in [-0.15, -0.1) is 0 Å². The maximum atomic E-state index is 13.3. The number of Topliss-reactive ketones (excluding diaryl/α,β-unsaturated/α-hetero) is 1. The van der Waals surface area contributed by atoms with Gasteiger partial charge in [-0.05, 0) is 43.5 Å². The highest BCUT2D eigenvalue weighted by Gasteiger charge is 2.19. The van der Waals surface area contributed by atoms with Crippen LogP contribution in [0.25, 0.3) is 5.70 Å². The smallest absolute Gasteiger partial charge is 0.164 e. The third kappa shape index (κ3) is 7.73. The Bertz CT molecular complexity index is 1100. The molecule has 0 spiro atoms. The first-order valence-corrected chi connectivity index (χ1v) is 11.6. The van der Waals surface area contributed by atoms with Crippen molar-refractivity contribution in [2.45, 2.75) is 47.1 Å². The minimum absolute atomic E-state index is 0.0150. The fourth-order valence-corrected chi connectivity index (χ4v) is 3.40. The van der Waals surface area contributed by atoms with Crippen LogP contribution in [-0.2, 0) is 13.0 Å². The Morgan fingerprint density at radius 2 is 1.41 bits per heavy atom. The monoisotopic (exact) mass is 457 g/mol.